The molecule has 110 valence electrons. The summed E-state index contributed by atoms with van der Waals surface area (Å²) in [5.74, 6) is 3.30. The second-order valence-electron chi connectivity index (χ2n) is 6.33. The lowest BCUT2D eigenvalue weighted by atomic mass is 10.1. The zero-order valence-corrected chi connectivity index (χ0v) is 13.7. The molecule has 0 unspecified atom stereocenters. The first-order chi connectivity index (χ1) is 10.0. The highest BCUT2D eigenvalue weighted by atomic mass is 28.3. The van der Waals surface area contributed by atoms with Gasteiger partial charge in [-0.3, -0.25) is 0 Å². The molecular weight excluding hydrogens is 280 g/mol. The van der Waals surface area contributed by atoms with Gasteiger partial charge in [-0.15, -0.1) is 5.54 Å². The lowest BCUT2D eigenvalue weighted by Gasteiger charge is -2.23. The van der Waals surface area contributed by atoms with Gasteiger partial charge in [0, 0.05) is 10.9 Å². The van der Waals surface area contributed by atoms with Crippen molar-refractivity contribution in [2.24, 2.45) is 0 Å². The van der Waals surface area contributed by atoms with Crippen LogP contribution in [-0.2, 0) is 9.47 Å². The van der Waals surface area contributed by atoms with Crippen molar-refractivity contribution in [2.75, 3.05) is 13.2 Å². The van der Waals surface area contributed by atoms with Gasteiger partial charge in [-0.25, -0.2) is 0 Å². The van der Waals surface area contributed by atoms with Crippen LogP contribution in [0.25, 0.3) is 11.0 Å². The summed E-state index contributed by atoms with van der Waals surface area (Å²) in [4.78, 5) is 0. The maximum Gasteiger partial charge on any atom is 0.187 e. The first-order valence-electron chi connectivity index (χ1n) is 7.30. The zero-order valence-electron chi connectivity index (χ0n) is 12.7. The summed E-state index contributed by atoms with van der Waals surface area (Å²) in [5, 5.41) is 1.05. The molecule has 0 atom stereocenters. The van der Waals surface area contributed by atoms with E-state index in [1.807, 2.05) is 12.1 Å². The number of furan rings is 1. The van der Waals surface area contributed by atoms with Gasteiger partial charge in [0.25, 0.3) is 0 Å². The first-order valence-corrected chi connectivity index (χ1v) is 10.8. The molecule has 0 bridgehead atoms. The first kappa shape index (κ1) is 14.4. The topological polar surface area (TPSA) is 31.6 Å². The molecule has 1 aliphatic heterocycles. The van der Waals surface area contributed by atoms with Crippen LogP contribution in [0.2, 0.25) is 19.6 Å². The van der Waals surface area contributed by atoms with Crippen LogP contribution in [-0.4, -0.2) is 21.3 Å². The third-order valence-electron chi connectivity index (χ3n) is 3.24. The molecule has 0 spiro atoms. The van der Waals surface area contributed by atoms with E-state index in [2.05, 4.69) is 37.2 Å². The number of fused-ring (bicyclic) bond motifs is 1. The third kappa shape index (κ3) is 3.38. The minimum atomic E-state index is -1.40. The minimum Gasteiger partial charge on any atom is -0.464 e. The molecule has 1 saturated heterocycles. The van der Waals surface area contributed by atoms with E-state index in [1.165, 1.54) is 0 Å². The number of rotatable bonds is 1. The molecule has 1 aromatic carbocycles. The van der Waals surface area contributed by atoms with Gasteiger partial charge in [-0.1, -0.05) is 25.6 Å². The average molecular weight is 300 g/mol. The van der Waals surface area contributed by atoms with Crippen molar-refractivity contribution < 1.29 is 13.9 Å². The molecule has 21 heavy (non-hydrogen) atoms. The molecule has 0 saturated carbocycles. The molecule has 2 aromatic rings. The molecule has 1 aliphatic rings. The van der Waals surface area contributed by atoms with E-state index < -0.39 is 8.07 Å². The van der Waals surface area contributed by atoms with Gasteiger partial charge in [0.1, 0.15) is 13.7 Å². The van der Waals surface area contributed by atoms with E-state index in [-0.39, 0.29) is 6.29 Å². The number of hydrogen-bond donors (Lipinski definition) is 0. The molecule has 0 N–H and O–H groups in total. The van der Waals surface area contributed by atoms with Crippen molar-refractivity contribution in [3.63, 3.8) is 0 Å². The summed E-state index contributed by atoms with van der Waals surface area (Å²) >= 11 is 0. The van der Waals surface area contributed by atoms with Gasteiger partial charge in [-0.05, 0) is 24.6 Å². The second kappa shape index (κ2) is 5.68. The predicted molar refractivity (Wildman–Crippen MR) is 85.7 cm³/mol. The van der Waals surface area contributed by atoms with Crippen molar-refractivity contribution in [3.8, 4) is 11.5 Å². The van der Waals surface area contributed by atoms with Crippen molar-refractivity contribution in [3.05, 3.63) is 35.6 Å². The quantitative estimate of drug-likeness (QED) is 0.587. The molecule has 1 aromatic heterocycles. The van der Waals surface area contributed by atoms with E-state index in [4.69, 9.17) is 13.9 Å². The molecule has 3 rings (SSSR count). The highest BCUT2D eigenvalue weighted by Gasteiger charge is 2.21. The molecule has 0 aliphatic carbocycles. The summed E-state index contributed by atoms with van der Waals surface area (Å²) < 4.78 is 17.0. The SMILES string of the molecule is C[Si](C)(C)C#Cc1cc(C2OCCCO2)c2occc2c1. The summed E-state index contributed by atoms with van der Waals surface area (Å²) in [6, 6.07) is 6.06. The minimum absolute atomic E-state index is 0.346. The number of ether oxygens (including phenoxy) is 2. The maximum atomic E-state index is 5.72. The van der Waals surface area contributed by atoms with E-state index >= 15 is 0 Å². The lowest BCUT2D eigenvalue weighted by molar-refractivity contribution is -0.182. The smallest absolute Gasteiger partial charge is 0.187 e. The Morgan fingerprint density at radius 1 is 1.14 bits per heavy atom. The standard InChI is InChI=1S/C17H20O3Si/c1-21(2,3)10-6-13-11-14-5-9-18-16(14)15(12-13)17-19-7-4-8-20-17/h5,9,11-12,17H,4,7-8H2,1-3H3. The maximum absolute atomic E-state index is 5.72. The zero-order chi connectivity index (χ0) is 14.9. The van der Waals surface area contributed by atoms with Crippen LogP contribution >= 0.6 is 0 Å². The highest BCUT2D eigenvalue weighted by Crippen LogP contribution is 2.31. The Balaban J connectivity index is 2.04. The molecule has 2 heterocycles. The Morgan fingerprint density at radius 2 is 1.90 bits per heavy atom. The van der Waals surface area contributed by atoms with E-state index in [0.29, 0.717) is 0 Å². The van der Waals surface area contributed by atoms with Crippen LogP contribution in [0.4, 0.5) is 0 Å². The Kier molecular flexibility index (Phi) is 3.90. The van der Waals surface area contributed by atoms with Crippen molar-refractivity contribution in [2.45, 2.75) is 32.4 Å². The average Bonchev–Trinajstić information content (AvgIpc) is 2.92. The largest absolute Gasteiger partial charge is 0.464 e. The van der Waals surface area contributed by atoms with Gasteiger partial charge >= 0.3 is 0 Å². The third-order valence-corrected chi connectivity index (χ3v) is 4.12. The Hall–Kier alpha value is -1.54. The Labute approximate surface area is 126 Å². The lowest BCUT2D eigenvalue weighted by Crippen LogP contribution is -2.18. The molecule has 0 amide bonds. The number of benzene rings is 1. The van der Waals surface area contributed by atoms with E-state index in [0.717, 1.165) is 41.7 Å². The highest BCUT2D eigenvalue weighted by molar-refractivity contribution is 6.83. The fraction of sp³-hybridized carbons (Fsp3) is 0.412. The van der Waals surface area contributed by atoms with Crippen LogP contribution in [0, 0.1) is 11.5 Å². The monoisotopic (exact) mass is 300 g/mol. The normalized spacial score (nSPS) is 16.7. The van der Waals surface area contributed by atoms with Crippen LogP contribution in [0.15, 0.2) is 28.9 Å². The fourth-order valence-electron chi connectivity index (χ4n) is 2.28. The van der Waals surface area contributed by atoms with Crippen molar-refractivity contribution in [1.29, 1.82) is 0 Å². The molecule has 3 nitrogen and oxygen atoms in total. The van der Waals surface area contributed by atoms with Crippen molar-refractivity contribution >= 4 is 19.0 Å². The molecule has 1 fully saturated rings. The van der Waals surface area contributed by atoms with Gasteiger partial charge in [0.05, 0.1) is 25.0 Å². The molecule has 0 radical (unpaired) electrons. The van der Waals surface area contributed by atoms with Crippen LogP contribution < -0.4 is 0 Å². The molecular formula is C17H20O3Si. The van der Waals surface area contributed by atoms with E-state index in [1.54, 1.807) is 6.26 Å². The fourth-order valence-corrected chi connectivity index (χ4v) is 2.80. The van der Waals surface area contributed by atoms with Gasteiger partial charge in [0.15, 0.2) is 6.29 Å². The van der Waals surface area contributed by atoms with Gasteiger partial charge in [-0.2, -0.15) is 0 Å². The Morgan fingerprint density at radius 3 is 2.62 bits per heavy atom. The molecule has 4 heteroatoms. The number of hydrogen-bond acceptors (Lipinski definition) is 3. The van der Waals surface area contributed by atoms with Crippen LogP contribution in [0.1, 0.15) is 23.8 Å². The van der Waals surface area contributed by atoms with Crippen LogP contribution in [0.3, 0.4) is 0 Å². The van der Waals surface area contributed by atoms with Gasteiger partial charge < -0.3 is 13.9 Å². The summed E-state index contributed by atoms with van der Waals surface area (Å²) in [6.07, 6.45) is 2.29. The summed E-state index contributed by atoms with van der Waals surface area (Å²) in [5.41, 5.74) is 6.18. The predicted octanol–water partition coefficient (Wildman–Crippen LogP) is 4.10. The summed E-state index contributed by atoms with van der Waals surface area (Å²) in [6.45, 7) is 8.16. The van der Waals surface area contributed by atoms with E-state index in [9.17, 15) is 0 Å². The van der Waals surface area contributed by atoms with Crippen molar-refractivity contribution in [1.82, 2.24) is 0 Å². The van der Waals surface area contributed by atoms with Gasteiger partial charge in [0.2, 0.25) is 0 Å². The Bertz CT molecular complexity index is 694. The second-order valence-corrected chi connectivity index (χ2v) is 11.1. The van der Waals surface area contributed by atoms with Crippen LogP contribution in [0.5, 0.6) is 0 Å². The summed E-state index contributed by atoms with van der Waals surface area (Å²) in [7, 11) is -1.40.